The lowest BCUT2D eigenvalue weighted by molar-refractivity contribution is 0.0466. The van der Waals surface area contributed by atoms with Crippen molar-refractivity contribution >= 4 is 5.57 Å². The molecule has 0 aromatic heterocycles. The van der Waals surface area contributed by atoms with Gasteiger partial charge in [0.2, 0.25) is 0 Å². The molecule has 2 aliphatic rings. The van der Waals surface area contributed by atoms with Crippen molar-refractivity contribution in [2.75, 3.05) is 13.2 Å². The first kappa shape index (κ1) is 29.5. The second kappa shape index (κ2) is 14.7. The Balaban J connectivity index is 1.26. The van der Waals surface area contributed by atoms with E-state index >= 15 is 8.78 Å². The van der Waals surface area contributed by atoms with Gasteiger partial charge in [0.1, 0.15) is 0 Å². The van der Waals surface area contributed by atoms with E-state index in [1.807, 2.05) is 12.1 Å². The van der Waals surface area contributed by atoms with Crippen molar-refractivity contribution < 1.29 is 22.6 Å². The lowest BCUT2D eigenvalue weighted by Crippen LogP contribution is -2.17. The Hall–Kier alpha value is -2.53. The van der Waals surface area contributed by atoms with Gasteiger partial charge in [-0.15, -0.1) is 6.58 Å². The zero-order valence-electron chi connectivity index (χ0n) is 23.3. The maximum absolute atomic E-state index is 15.1. The monoisotopic (exact) mass is 540 g/mol. The van der Waals surface area contributed by atoms with Crippen LogP contribution in [0, 0.1) is 23.4 Å². The smallest absolute Gasteiger partial charge is 0.166 e. The molecule has 0 bridgehead atoms. The molecule has 2 aromatic rings. The third kappa shape index (κ3) is 8.00. The summed E-state index contributed by atoms with van der Waals surface area (Å²) in [5, 5.41) is 0. The van der Waals surface area contributed by atoms with Crippen LogP contribution in [-0.4, -0.2) is 19.3 Å². The minimum absolute atomic E-state index is 0.183. The SMILES string of the molecule is C=CCCOc1ccc(C2CCC(CCc3ccc(C4=CCC(OCCCC)CC4)c(F)c3F)CC2)cc1F. The highest BCUT2D eigenvalue weighted by atomic mass is 19.2. The number of benzene rings is 2. The van der Waals surface area contributed by atoms with Crippen LogP contribution < -0.4 is 4.74 Å². The van der Waals surface area contributed by atoms with E-state index in [2.05, 4.69) is 13.5 Å². The molecule has 1 saturated carbocycles. The largest absolute Gasteiger partial charge is 0.490 e. The second-order valence-corrected chi connectivity index (χ2v) is 11.1. The molecule has 0 amide bonds. The van der Waals surface area contributed by atoms with Gasteiger partial charge < -0.3 is 9.47 Å². The number of rotatable bonds is 13. The Kier molecular flexibility index (Phi) is 11.1. The summed E-state index contributed by atoms with van der Waals surface area (Å²) in [6.07, 6.45) is 14.5. The van der Waals surface area contributed by atoms with Crippen LogP contribution in [0.25, 0.3) is 5.57 Å². The van der Waals surface area contributed by atoms with E-state index in [9.17, 15) is 4.39 Å². The van der Waals surface area contributed by atoms with Gasteiger partial charge in [0, 0.05) is 12.2 Å². The average Bonchev–Trinajstić information content (AvgIpc) is 2.96. The van der Waals surface area contributed by atoms with Gasteiger partial charge in [-0.25, -0.2) is 13.2 Å². The van der Waals surface area contributed by atoms with Crippen LogP contribution in [-0.2, 0) is 11.2 Å². The number of hydrogen-bond acceptors (Lipinski definition) is 2. The Morgan fingerprint density at radius 1 is 0.974 bits per heavy atom. The summed E-state index contributed by atoms with van der Waals surface area (Å²) in [4.78, 5) is 0. The molecule has 5 heteroatoms. The number of unbranched alkanes of at least 4 members (excludes halogenated alkanes) is 1. The molecular weight excluding hydrogens is 497 g/mol. The number of hydrogen-bond donors (Lipinski definition) is 0. The van der Waals surface area contributed by atoms with Crippen molar-refractivity contribution in [2.45, 2.75) is 96.0 Å². The lowest BCUT2D eigenvalue weighted by atomic mass is 9.77. The van der Waals surface area contributed by atoms with Crippen LogP contribution >= 0.6 is 0 Å². The summed E-state index contributed by atoms with van der Waals surface area (Å²) in [6, 6.07) is 8.83. The minimum atomic E-state index is -0.716. The van der Waals surface area contributed by atoms with Crippen molar-refractivity contribution in [3.63, 3.8) is 0 Å². The van der Waals surface area contributed by atoms with E-state index in [4.69, 9.17) is 9.47 Å². The first-order valence-corrected chi connectivity index (χ1v) is 14.8. The fraction of sp³-hybridized carbons (Fsp3) is 0.529. The van der Waals surface area contributed by atoms with Gasteiger partial charge in [-0.1, -0.05) is 43.7 Å². The van der Waals surface area contributed by atoms with E-state index in [0.29, 0.717) is 48.8 Å². The minimum Gasteiger partial charge on any atom is -0.490 e. The highest BCUT2D eigenvalue weighted by Gasteiger charge is 2.25. The summed E-state index contributed by atoms with van der Waals surface area (Å²) in [6.45, 7) is 6.98. The molecular formula is C34H43F3O2. The Morgan fingerprint density at radius 2 is 1.79 bits per heavy atom. The molecule has 1 unspecified atom stereocenters. The molecule has 0 radical (unpaired) electrons. The van der Waals surface area contributed by atoms with Gasteiger partial charge in [-0.2, -0.15) is 0 Å². The highest BCUT2D eigenvalue weighted by Crippen LogP contribution is 2.39. The molecule has 2 nitrogen and oxygen atoms in total. The van der Waals surface area contributed by atoms with Crippen LogP contribution in [0.3, 0.4) is 0 Å². The third-order valence-corrected chi connectivity index (χ3v) is 8.40. The zero-order chi connectivity index (χ0) is 27.6. The second-order valence-electron chi connectivity index (χ2n) is 11.1. The lowest BCUT2D eigenvalue weighted by Gasteiger charge is -2.29. The van der Waals surface area contributed by atoms with Crippen molar-refractivity contribution in [1.29, 1.82) is 0 Å². The number of halogens is 3. The Bertz CT molecular complexity index is 1120. The van der Waals surface area contributed by atoms with E-state index in [1.54, 1.807) is 30.3 Å². The molecule has 0 N–H and O–H groups in total. The number of allylic oxidation sites excluding steroid dienone is 1. The van der Waals surface area contributed by atoms with E-state index in [-0.39, 0.29) is 17.7 Å². The van der Waals surface area contributed by atoms with Gasteiger partial charge in [-0.05, 0) is 111 Å². The normalized spacial score (nSPS) is 21.4. The van der Waals surface area contributed by atoms with Crippen LogP contribution in [0.1, 0.15) is 100 Å². The molecule has 212 valence electrons. The summed E-state index contributed by atoms with van der Waals surface area (Å²) < 4.78 is 55.9. The van der Waals surface area contributed by atoms with Crippen LogP contribution in [0.15, 0.2) is 49.1 Å². The van der Waals surface area contributed by atoms with Crippen molar-refractivity contribution in [2.24, 2.45) is 5.92 Å². The van der Waals surface area contributed by atoms with Gasteiger partial charge in [0.05, 0.1) is 12.7 Å². The summed E-state index contributed by atoms with van der Waals surface area (Å²) >= 11 is 0. The summed E-state index contributed by atoms with van der Waals surface area (Å²) in [7, 11) is 0. The molecule has 1 fully saturated rings. The molecule has 4 rings (SSSR count). The van der Waals surface area contributed by atoms with Gasteiger partial charge >= 0.3 is 0 Å². The molecule has 39 heavy (non-hydrogen) atoms. The molecule has 0 heterocycles. The van der Waals surface area contributed by atoms with E-state index in [1.165, 1.54) is 0 Å². The topological polar surface area (TPSA) is 18.5 Å². The van der Waals surface area contributed by atoms with E-state index < -0.39 is 11.6 Å². The maximum atomic E-state index is 15.1. The zero-order valence-corrected chi connectivity index (χ0v) is 23.3. The summed E-state index contributed by atoms with van der Waals surface area (Å²) in [5.74, 6) is -0.646. The first-order chi connectivity index (χ1) is 19.0. The predicted molar refractivity (Wildman–Crippen MR) is 153 cm³/mol. The molecule has 2 aromatic carbocycles. The standard InChI is InChI=1S/C34H43F3O2/c1-3-5-21-38-29-17-13-26(14-18-29)30-19-15-27(33(36)34(30)37)12-9-24-7-10-25(11-8-24)28-16-20-32(31(35)23-28)39-22-6-4-2/h4,13,15-16,19-20,23-25,29H,2-3,5-12,14,17-18,21-22H2,1H3. The average molecular weight is 541 g/mol. The van der Waals surface area contributed by atoms with E-state index in [0.717, 1.165) is 75.5 Å². The summed E-state index contributed by atoms with van der Waals surface area (Å²) in [5.41, 5.74) is 2.76. The van der Waals surface area contributed by atoms with Crippen molar-refractivity contribution in [1.82, 2.24) is 0 Å². The fourth-order valence-corrected chi connectivity index (χ4v) is 5.92. The molecule has 2 aliphatic carbocycles. The van der Waals surface area contributed by atoms with Gasteiger partial charge in [-0.3, -0.25) is 0 Å². The third-order valence-electron chi connectivity index (χ3n) is 8.40. The fourth-order valence-electron chi connectivity index (χ4n) is 5.92. The van der Waals surface area contributed by atoms with Crippen LogP contribution in [0.2, 0.25) is 0 Å². The highest BCUT2D eigenvalue weighted by molar-refractivity contribution is 5.67. The van der Waals surface area contributed by atoms with Crippen molar-refractivity contribution in [3.8, 4) is 5.75 Å². The molecule has 0 saturated heterocycles. The molecule has 0 spiro atoms. The Morgan fingerprint density at radius 3 is 2.49 bits per heavy atom. The van der Waals surface area contributed by atoms with Gasteiger partial charge in [0.25, 0.3) is 0 Å². The van der Waals surface area contributed by atoms with Crippen molar-refractivity contribution in [3.05, 3.63) is 83.2 Å². The Labute approximate surface area is 232 Å². The number of aryl methyl sites for hydroxylation is 1. The number of ether oxygens (including phenoxy) is 2. The van der Waals surface area contributed by atoms with Crippen LogP contribution in [0.5, 0.6) is 5.75 Å². The quantitative estimate of drug-likeness (QED) is 0.186. The molecule has 0 aliphatic heterocycles. The first-order valence-electron chi connectivity index (χ1n) is 14.8. The molecule has 1 atom stereocenters. The maximum Gasteiger partial charge on any atom is 0.166 e. The predicted octanol–water partition coefficient (Wildman–Crippen LogP) is 9.72. The van der Waals surface area contributed by atoms with Gasteiger partial charge in [0.15, 0.2) is 23.2 Å². The van der Waals surface area contributed by atoms with Crippen LogP contribution in [0.4, 0.5) is 13.2 Å².